The van der Waals surface area contributed by atoms with Crippen molar-refractivity contribution in [3.63, 3.8) is 0 Å². The third-order valence-corrected chi connectivity index (χ3v) is 12.5. The lowest BCUT2D eigenvalue weighted by Crippen LogP contribution is -2.21. The Labute approximate surface area is 220 Å². The smallest absolute Gasteiger partial charge is 0.145 e. The Kier molecular flexibility index (Phi) is 10.1. The molecular weight excluding hydrogens is 498 g/mol. The summed E-state index contributed by atoms with van der Waals surface area (Å²) >= 11 is 0. The minimum Gasteiger partial charge on any atom is -0.381 e. The molecule has 4 nitrogen and oxygen atoms in total. The van der Waals surface area contributed by atoms with Gasteiger partial charge in [-0.1, -0.05) is 121 Å². The van der Waals surface area contributed by atoms with Crippen molar-refractivity contribution in [2.24, 2.45) is 0 Å². The maximum atomic E-state index is 14.0. The molecule has 0 unspecified atom stereocenters. The standard InChI is InChI=1S/C31H34O4P2/c32-36(28-14-5-1-6-15-28,29-16-7-2-8-17-29)26-24-34-22-13-23-35-25-27-37(33,30-18-9-3-10-19-30)31-20-11-4-12-21-31/h1-12,14-21H,13,22-27H2. The van der Waals surface area contributed by atoms with Crippen molar-refractivity contribution < 1.29 is 18.6 Å². The molecule has 37 heavy (non-hydrogen) atoms. The highest BCUT2D eigenvalue weighted by molar-refractivity contribution is 7.79. The Morgan fingerprint density at radius 2 is 0.676 bits per heavy atom. The lowest BCUT2D eigenvalue weighted by molar-refractivity contribution is 0.0953. The Morgan fingerprint density at radius 1 is 0.405 bits per heavy atom. The molecule has 0 radical (unpaired) electrons. The zero-order chi connectivity index (χ0) is 25.8. The second kappa shape index (κ2) is 13.7. The summed E-state index contributed by atoms with van der Waals surface area (Å²) in [5, 5.41) is 3.42. The van der Waals surface area contributed by atoms with Gasteiger partial charge in [0.25, 0.3) is 0 Å². The number of rotatable bonds is 14. The number of ether oxygens (including phenoxy) is 2. The molecule has 4 aromatic carbocycles. The van der Waals surface area contributed by atoms with Crippen molar-refractivity contribution in [3.8, 4) is 0 Å². The largest absolute Gasteiger partial charge is 0.381 e. The molecule has 0 aliphatic carbocycles. The Balaban J connectivity index is 1.23. The van der Waals surface area contributed by atoms with Crippen molar-refractivity contribution >= 4 is 35.5 Å². The van der Waals surface area contributed by atoms with E-state index in [2.05, 4.69) is 0 Å². The highest BCUT2D eigenvalue weighted by Crippen LogP contribution is 2.43. The van der Waals surface area contributed by atoms with E-state index in [9.17, 15) is 9.13 Å². The molecule has 0 spiro atoms. The van der Waals surface area contributed by atoms with E-state index in [-0.39, 0.29) is 0 Å². The van der Waals surface area contributed by atoms with Crippen LogP contribution in [-0.4, -0.2) is 38.8 Å². The van der Waals surface area contributed by atoms with Gasteiger partial charge in [0, 0.05) is 46.8 Å². The molecule has 0 bridgehead atoms. The minimum atomic E-state index is -2.75. The summed E-state index contributed by atoms with van der Waals surface area (Å²) in [7, 11) is -5.51. The molecule has 0 saturated heterocycles. The summed E-state index contributed by atoms with van der Waals surface area (Å²) in [6, 6.07) is 38.7. The van der Waals surface area contributed by atoms with Crippen LogP contribution in [0.2, 0.25) is 0 Å². The molecule has 0 aromatic heterocycles. The minimum absolute atomic E-state index is 0.415. The molecular formula is C31H34O4P2. The number of hydrogen-bond donors (Lipinski definition) is 0. The van der Waals surface area contributed by atoms with Crippen molar-refractivity contribution in [3.05, 3.63) is 121 Å². The first-order chi connectivity index (χ1) is 18.1. The van der Waals surface area contributed by atoms with Crippen LogP contribution in [0, 0.1) is 0 Å². The molecule has 4 rings (SSSR count). The number of hydrogen-bond acceptors (Lipinski definition) is 4. The average Bonchev–Trinajstić information content (AvgIpc) is 2.98. The topological polar surface area (TPSA) is 52.6 Å². The fourth-order valence-corrected chi connectivity index (χ4v) is 9.36. The predicted octanol–water partition coefficient (Wildman–Crippen LogP) is 5.44. The van der Waals surface area contributed by atoms with Gasteiger partial charge < -0.3 is 18.6 Å². The monoisotopic (exact) mass is 532 g/mol. The summed E-state index contributed by atoms with van der Waals surface area (Å²) < 4.78 is 39.7. The van der Waals surface area contributed by atoms with E-state index in [1.54, 1.807) is 0 Å². The van der Waals surface area contributed by atoms with Gasteiger partial charge in [-0.15, -0.1) is 0 Å². The Morgan fingerprint density at radius 3 is 0.946 bits per heavy atom. The molecule has 0 N–H and O–H groups in total. The first-order valence-corrected chi connectivity index (χ1v) is 16.5. The molecule has 0 fully saturated rings. The van der Waals surface area contributed by atoms with E-state index in [1.807, 2.05) is 121 Å². The zero-order valence-corrected chi connectivity index (χ0v) is 22.8. The van der Waals surface area contributed by atoms with Gasteiger partial charge in [-0.05, 0) is 6.42 Å². The van der Waals surface area contributed by atoms with Gasteiger partial charge in [-0.3, -0.25) is 0 Å². The second-order valence-electron chi connectivity index (χ2n) is 8.85. The second-order valence-corrected chi connectivity index (χ2v) is 14.8. The van der Waals surface area contributed by atoms with Crippen LogP contribution < -0.4 is 21.2 Å². The molecule has 0 heterocycles. The van der Waals surface area contributed by atoms with Crippen LogP contribution in [0.25, 0.3) is 0 Å². The summed E-state index contributed by atoms with van der Waals surface area (Å²) in [5.74, 6) is 0. The maximum Gasteiger partial charge on any atom is 0.145 e. The highest BCUT2D eigenvalue weighted by Gasteiger charge is 2.27. The lowest BCUT2D eigenvalue weighted by Gasteiger charge is -2.20. The summed E-state index contributed by atoms with van der Waals surface area (Å²) in [5.41, 5.74) is 0. The van der Waals surface area contributed by atoms with E-state index in [0.29, 0.717) is 38.8 Å². The van der Waals surface area contributed by atoms with E-state index in [4.69, 9.17) is 9.47 Å². The highest BCUT2D eigenvalue weighted by atomic mass is 31.2. The van der Waals surface area contributed by atoms with E-state index < -0.39 is 14.3 Å². The van der Waals surface area contributed by atoms with E-state index in [0.717, 1.165) is 27.6 Å². The third kappa shape index (κ3) is 7.18. The Hall–Kier alpha value is -2.74. The van der Waals surface area contributed by atoms with Crippen molar-refractivity contribution in [1.29, 1.82) is 0 Å². The maximum absolute atomic E-state index is 14.0. The SMILES string of the molecule is O=P(CCOCCCOCCP(=O)(c1ccccc1)c1ccccc1)(c1ccccc1)c1ccccc1. The summed E-state index contributed by atoms with van der Waals surface area (Å²) in [4.78, 5) is 0. The molecule has 4 aromatic rings. The molecule has 0 aliphatic rings. The molecule has 0 amide bonds. The Bertz CT molecular complexity index is 1110. The van der Waals surface area contributed by atoms with Crippen molar-refractivity contribution in [1.82, 2.24) is 0 Å². The van der Waals surface area contributed by atoms with Gasteiger partial charge in [0.2, 0.25) is 0 Å². The summed E-state index contributed by atoms with van der Waals surface area (Å²) in [6.07, 6.45) is 1.64. The number of benzene rings is 4. The van der Waals surface area contributed by atoms with Crippen LogP contribution in [0.1, 0.15) is 6.42 Å². The summed E-state index contributed by atoms with van der Waals surface area (Å²) in [6.45, 7) is 1.88. The van der Waals surface area contributed by atoms with Crippen LogP contribution in [0.3, 0.4) is 0 Å². The van der Waals surface area contributed by atoms with Crippen LogP contribution in [0.15, 0.2) is 121 Å². The van der Waals surface area contributed by atoms with Gasteiger partial charge in [0.1, 0.15) is 14.3 Å². The fourth-order valence-electron chi connectivity index (χ4n) is 4.34. The van der Waals surface area contributed by atoms with E-state index >= 15 is 0 Å². The van der Waals surface area contributed by atoms with Crippen LogP contribution >= 0.6 is 14.3 Å². The molecule has 6 heteroatoms. The van der Waals surface area contributed by atoms with Gasteiger partial charge >= 0.3 is 0 Å². The predicted molar refractivity (Wildman–Crippen MR) is 156 cm³/mol. The van der Waals surface area contributed by atoms with E-state index in [1.165, 1.54) is 0 Å². The van der Waals surface area contributed by atoms with Crippen LogP contribution in [0.4, 0.5) is 0 Å². The van der Waals surface area contributed by atoms with Crippen molar-refractivity contribution in [2.45, 2.75) is 6.42 Å². The lowest BCUT2D eigenvalue weighted by atomic mass is 10.4. The molecule has 0 atom stereocenters. The van der Waals surface area contributed by atoms with Crippen LogP contribution in [-0.2, 0) is 18.6 Å². The normalized spacial score (nSPS) is 11.9. The van der Waals surface area contributed by atoms with Crippen molar-refractivity contribution in [2.75, 3.05) is 38.8 Å². The van der Waals surface area contributed by atoms with Gasteiger partial charge in [-0.25, -0.2) is 0 Å². The fraction of sp³-hybridized carbons (Fsp3) is 0.226. The first kappa shape index (κ1) is 27.3. The average molecular weight is 533 g/mol. The van der Waals surface area contributed by atoms with Gasteiger partial charge in [0.05, 0.1) is 13.2 Å². The van der Waals surface area contributed by atoms with Crippen LogP contribution in [0.5, 0.6) is 0 Å². The molecule has 0 aliphatic heterocycles. The first-order valence-electron chi connectivity index (χ1n) is 12.7. The van der Waals surface area contributed by atoms with Gasteiger partial charge in [0.15, 0.2) is 0 Å². The van der Waals surface area contributed by atoms with Gasteiger partial charge in [-0.2, -0.15) is 0 Å². The zero-order valence-electron chi connectivity index (χ0n) is 21.0. The molecule has 0 saturated carbocycles. The third-order valence-electron chi connectivity index (χ3n) is 6.37. The molecule has 192 valence electrons. The quantitative estimate of drug-likeness (QED) is 0.160.